The second kappa shape index (κ2) is 8.65. The SMILES string of the molecule is O=C(NC12CC(C1)C2)O[C@H]1C[C@@H](c2cc(Nc3nc(-c4ccc(F)c(Cl)c4)cc4nccn34)n[nH]2)C[C@H]1F. The van der Waals surface area contributed by atoms with Gasteiger partial charge in [0.05, 0.1) is 10.7 Å². The van der Waals surface area contributed by atoms with E-state index in [9.17, 15) is 13.6 Å². The summed E-state index contributed by atoms with van der Waals surface area (Å²) in [7, 11) is 0. The van der Waals surface area contributed by atoms with E-state index in [1.54, 1.807) is 35.0 Å². The zero-order valence-corrected chi connectivity index (χ0v) is 20.9. The number of aromatic amines is 1. The van der Waals surface area contributed by atoms with Gasteiger partial charge >= 0.3 is 6.09 Å². The second-order valence-corrected chi connectivity index (χ2v) is 11.0. The fraction of sp³-hybridized carbons (Fsp3) is 0.385. The maximum absolute atomic E-state index is 14.8. The molecule has 3 atom stereocenters. The largest absolute Gasteiger partial charge is 0.443 e. The minimum absolute atomic E-state index is 0.000802. The number of nitrogens with one attached hydrogen (secondary N) is 3. The number of carbonyl (C=O) groups is 1. The third-order valence-electron chi connectivity index (χ3n) is 7.98. The number of nitrogens with zero attached hydrogens (tertiary/aromatic N) is 4. The highest BCUT2D eigenvalue weighted by Crippen LogP contribution is 2.57. The van der Waals surface area contributed by atoms with Crippen LogP contribution in [0.2, 0.25) is 5.02 Å². The van der Waals surface area contributed by atoms with Crippen LogP contribution >= 0.6 is 11.6 Å². The van der Waals surface area contributed by atoms with Crippen LogP contribution in [0.4, 0.5) is 25.3 Å². The molecule has 3 aromatic heterocycles. The summed E-state index contributed by atoms with van der Waals surface area (Å²) in [6.07, 6.45) is 4.43. The van der Waals surface area contributed by atoms with Crippen molar-refractivity contribution in [3.8, 4) is 11.3 Å². The molecule has 0 unspecified atom stereocenters. The Bertz CT molecular complexity index is 1540. The monoisotopic (exact) mass is 539 g/mol. The van der Waals surface area contributed by atoms with Gasteiger partial charge in [0.2, 0.25) is 5.95 Å². The third-order valence-corrected chi connectivity index (χ3v) is 8.27. The molecule has 4 aromatic rings. The van der Waals surface area contributed by atoms with E-state index in [-0.39, 0.29) is 22.9 Å². The quantitative estimate of drug-likeness (QED) is 0.298. The van der Waals surface area contributed by atoms with E-state index in [0.717, 1.165) is 30.9 Å². The lowest BCUT2D eigenvalue weighted by Crippen LogP contribution is -2.68. The standard InChI is InChI=1S/C26H24ClF2N7O2/c27-16-5-14(1-2-17(16)28)19-9-23-30-3-4-36(23)24(31-19)32-22-8-20(34-35-22)15-6-18(29)21(7-15)38-25(37)33-26-10-13(11-26)12-26/h1-5,8-9,13,15,18,21H,6-7,10-12H2,(H,33,37)(H2,31,32,34,35)/t13?,15-,18+,21-,26?/m0/s1. The van der Waals surface area contributed by atoms with Crippen molar-refractivity contribution in [2.75, 3.05) is 5.32 Å². The number of ether oxygens (including phenoxy) is 1. The first-order chi connectivity index (χ1) is 18.3. The molecule has 9 nitrogen and oxygen atoms in total. The Morgan fingerprint density at radius 1 is 1.21 bits per heavy atom. The van der Waals surface area contributed by atoms with Crippen LogP contribution in [0.25, 0.3) is 16.9 Å². The van der Waals surface area contributed by atoms with Gasteiger partial charge in [-0.25, -0.2) is 23.5 Å². The van der Waals surface area contributed by atoms with Gasteiger partial charge in [0, 0.05) is 47.2 Å². The average Bonchev–Trinajstić information content (AvgIpc) is 3.58. The fourth-order valence-electron chi connectivity index (χ4n) is 5.88. The first kappa shape index (κ1) is 23.4. The van der Waals surface area contributed by atoms with Gasteiger partial charge in [0.25, 0.3) is 0 Å². The molecule has 12 heteroatoms. The van der Waals surface area contributed by atoms with Crippen LogP contribution in [0.5, 0.6) is 0 Å². The minimum Gasteiger partial charge on any atom is -0.443 e. The van der Waals surface area contributed by atoms with Crippen molar-refractivity contribution in [1.29, 1.82) is 0 Å². The van der Waals surface area contributed by atoms with Gasteiger partial charge in [-0.2, -0.15) is 5.10 Å². The first-order valence-corrected chi connectivity index (χ1v) is 13.0. The lowest BCUT2D eigenvalue weighted by Gasteiger charge is -2.61. The van der Waals surface area contributed by atoms with Crippen molar-refractivity contribution in [3.05, 3.63) is 59.3 Å². The number of H-pyrrole nitrogens is 1. The van der Waals surface area contributed by atoms with E-state index in [1.165, 1.54) is 12.1 Å². The zero-order valence-electron chi connectivity index (χ0n) is 20.1. The molecule has 38 heavy (non-hydrogen) atoms. The van der Waals surface area contributed by atoms with Crippen LogP contribution in [0.15, 0.2) is 42.7 Å². The van der Waals surface area contributed by atoms with Gasteiger partial charge in [-0.15, -0.1) is 0 Å². The maximum Gasteiger partial charge on any atom is 0.407 e. The first-order valence-electron chi connectivity index (χ1n) is 12.6. The Labute approximate surface area is 221 Å². The average molecular weight is 540 g/mol. The molecular weight excluding hydrogens is 516 g/mol. The Morgan fingerprint density at radius 2 is 2.05 bits per heavy atom. The summed E-state index contributed by atoms with van der Waals surface area (Å²) >= 11 is 5.97. The van der Waals surface area contributed by atoms with Crippen molar-refractivity contribution in [2.45, 2.75) is 55.8 Å². The number of halogens is 3. The number of hydrogen-bond donors (Lipinski definition) is 3. The van der Waals surface area contributed by atoms with E-state index in [4.69, 9.17) is 16.3 Å². The number of carbonyl (C=O) groups excluding carboxylic acids is 1. The lowest BCUT2D eigenvalue weighted by atomic mass is 9.50. The molecule has 0 aliphatic heterocycles. The van der Waals surface area contributed by atoms with Crippen molar-refractivity contribution >= 4 is 35.1 Å². The van der Waals surface area contributed by atoms with Crippen LogP contribution in [0.1, 0.15) is 43.7 Å². The number of imidazole rings is 1. The molecule has 8 rings (SSSR count). The lowest BCUT2D eigenvalue weighted by molar-refractivity contribution is -0.0530. The summed E-state index contributed by atoms with van der Waals surface area (Å²) < 4.78 is 35.6. The molecule has 3 N–H and O–H groups in total. The summed E-state index contributed by atoms with van der Waals surface area (Å²) in [6, 6.07) is 7.97. The van der Waals surface area contributed by atoms with Crippen molar-refractivity contribution in [2.24, 2.45) is 5.92 Å². The number of hydrogen-bond acceptors (Lipinski definition) is 6. The summed E-state index contributed by atoms with van der Waals surface area (Å²) in [4.78, 5) is 21.3. The highest BCUT2D eigenvalue weighted by molar-refractivity contribution is 6.31. The molecule has 0 spiro atoms. The molecule has 4 fully saturated rings. The number of benzene rings is 1. The van der Waals surface area contributed by atoms with E-state index >= 15 is 0 Å². The molecule has 0 radical (unpaired) electrons. The van der Waals surface area contributed by atoms with Gasteiger partial charge in [-0.1, -0.05) is 11.6 Å². The molecule has 4 aliphatic rings. The third kappa shape index (κ3) is 4.05. The van der Waals surface area contributed by atoms with E-state index < -0.39 is 24.2 Å². The number of anilines is 2. The van der Waals surface area contributed by atoms with Gasteiger partial charge in [-0.05, 0) is 56.2 Å². The molecular formula is C26H24ClF2N7O2. The Kier molecular flexibility index (Phi) is 5.33. The van der Waals surface area contributed by atoms with Crippen LogP contribution in [0, 0.1) is 11.7 Å². The maximum atomic E-state index is 14.8. The van der Waals surface area contributed by atoms with Crippen molar-refractivity contribution in [3.63, 3.8) is 0 Å². The Balaban J connectivity index is 1.06. The predicted molar refractivity (Wildman–Crippen MR) is 136 cm³/mol. The number of amides is 1. The van der Waals surface area contributed by atoms with Gasteiger partial charge in [-0.3, -0.25) is 9.50 Å². The highest BCUT2D eigenvalue weighted by atomic mass is 35.5. The van der Waals surface area contributed by atoms with Crippen LogP contribution in [-0.4, -0.2) is 48.5 Å². The topological polar surface area (TPSA) is 109 Å². The Hall–Kier alpha value is -3.73. The molecule has 2 bridgehead atoms. The van der Waals surface area contributed by atoms with E-state index in [0.29, 0.717) is 35.1 Å². The zero-order chi connectivity index (χ0) is 26.0. The van der Waals surface area contributed by atoms with Crippen molar-refractivity contribution < 1.29 is 18.3 Å². The summed E-state index contributed by atoms with van der Waals surface area (Å²) in [5.74, 6) is 0.972. The van der Waals surface area contributed by atoms with Gasteiger partial charge in [0.1, 0.15) is 23.7 Å². The van der Waals surface area contributed by atoms with Crippen molar-refractivity contribution in [1.82, 2.24) is 29.9 Å². The molecule has 0 saturated heterocycles. The predicted octanol–water partition coefficient (Wildman–Crippen LogP) is 5.52. The van der Waals surface area contributed by atoms with E-state index in [2.05, 4.69) is 30.8 Å². The molecule has 196 valence electrons. The number of aromatic nitrogens is 5. The minimum atomic E-state index is -1.25. The summed E-state index contributed by atoms with van der Waals surface area (Å²) in [6.45, 7) is 0. The molecule has 1 aromatic carbocycles. The van der Waals surface area contributed by atoms with Gasteiger partial charge < -0.3 is 15.4 Å². The van der Waals surface area contributed by atoms with Crippen LogP contribution in [0.3, 0.4) is 0 Å². The van der Waals surface area contributed by atoms with Crippen LogP contribution in [-0.2, 0) is 4.74 Å². The summed E-state index contributed by atoms with van der Waals surface area (Å²) in [5, 5.41) is 13.4. The van der Waals surface area contributed by atoms with Crippen LogP contribution < -0.4 is 10.6 Å². The fourth-order valence-corrected chi connectivity index (χ4v) is 6.06. The Morgan fingerprint density at radius 3 is 2.82 bits per heavy atom. The molecule has 4 aliphatic carbocycles. The highest BCUT2D eigenvalue weighted by Gasteiger charge is 2.58. The van der Waals surface area contributed by atoms with Gasteiger partial charge in [0.15, 0.2) is 5.82 Å². The molecule has 1 amide bonds. The number of alkyl halides is 1. The number of alkyl carbamates (subject to hydrolysis) is 1. The van der Waals surface area contributed by atoms with E-state index in [1.807, 2.05) is 0 Å². The smallest absolute Gasteiger partial charge is 0.407 e. The normalized spacial score (nSPS) is 27.6. The summed E-state index contributed by atoms with van der Waals surface area (Å²) in [5.41, 5.74) is 2.45. The molecule has 4 saturated carbocycles. The second-order valence-electron chi connectivity index (χ2n) is 10.6. The number of fused-ring (bicyclic) bond motifs is 1. The molecule has 3 heterocycles. The number of rotatable bonds is 6.